The molecule has 0 aromatic heterocycles. The minimum absolute atomic E-state index is 0.192. The van der Waals surface area contributed by atoms with Crippen LogP contribution in [0.3, 0.4) is 0 Å². The van der Waals surface area contributed by atoms with Gasteiger partial charge in [0.15, 0.2) is 11.6 Å². The summed E-state index contributed by atoms with van der Waals surface area (Å²) in [4.78, 5) is 0. The maximum absolute atomic E-state index is 13.5. The van der Waals surface area contributed by atoms with Gasteiger partial charge in [-0.15, -0.1) is 0 Å². The van der Waals surface area contributed by atoms with Crippen molar-refractivity contribution >= 4 is 5.69 Å². The molecule has 0 spiro atoms. The average molecular weight is 219 g/mol. The van der Waals surface area contributed by atoms with Gasteiger partial charge in [-0.25, -0.2) is 8.78 Å². The third-order valence-electron chi connectivity index (χ3n) is 2.45. The molecule has 0 amide bonds. The summed E-state index contributed by atoms with van der Waals surface area (Å²) in [5.41, 5.74) is 7.92. The maximum Gasteiger partial charge on any atom is 0.166 e. The van der Waals surface area contributed by atoms with Gasteiger partial charge in [-0.1, -0.05) is 24.3 Å². The zero-order valence-corrected chi connectivity index (χ0v) is 8.80. The highest BCUT2D eigenvalue weighted by Crippen LogP contribution is 2.29. The van der Waals surface area contributed by atoms with Crippen molar-refractivity contribution < 1.29 is 8.78 Å². The van der Waals surface area contributed by atoms with Gasteiger partial charge in [0.25, 0.3) is 0 Å². The molecule has 0 fully saturated rings. The third-order valence-corrected chi connectivity index (χ3v) is 2.45. The van der Waals surface area contributed by atoms with Crippen LogP contribution in [0.5, 0.6) is 0 Å². The standard InChI is InChI=1S/C13H11F2N/c1-8-5-6-9(12(16)7-8)10-3-2-4-11(14)13(10)15/h2-7H,16H2,1H3. The van der Waals surface area contributed by atoms with Crippen LogP contribution in [0.25, 0.3) is 11.1 Å². The molecule has 0 atom stereocenters. The van der Waals surface area contributed by atoms with Crippen molar-refractivity contribution in [1.82, 2.24) is 0 Å². The summed E-state index contributed by atoms with van der Waals surface area (Å²) in [5.74, 6) is -1.73. The van der Waals surface area contributed by atoms with E-state index in [9.17, 15) is 8.78 Å². The van der Waals surface area contributed by atoms with Gasteiger partial charge in [-0.3, -0.25) is 0 Å². The van der Waals surface area contributed by atoms with Crippen LogP contribution in [0.2, 0.25) is 0 Å². The Morgan fingerprint density at radius 3 is 2.44 bits per heavy atom. The van der Waals surface area contributed by atoms with E-state index in [1.165, 1.54) is 12.1 Å². The van der Waals surface area contributed by atoms with E-state index in [-0.39, 0.29) is 5.56 Å². The van der Waals surface area contributed by atoms with E-state index >= 15 is 0 Å². The highest BCUT2D eigenvalue weighted by atomic mass is 19.2. The van der Waals surface area contributed by atoms with Crippen LogP contribution in [0.4, 0.5) is 14.5 Å². The van der Waals surface area contributed by atoms with Gasteiger partial charge in [-0.05, 0) is 24.6 Å². The first-order valence-corrected chi connectivity index (χ1v) is 4.90. The fourth-order valence-electron chi connectivity index (χ4n) is 1.64. The topological polar surface area (TPSA) is 26.0 Å². The van der Waals surface area contributed by atoms with Crippen molar-refractivity contribution in [3.63, 3.8) is 0 Å². The predicted octanol–water partition coefficient (Wildman–Crippen LogP) is 3.52. The molecule has 2 aromatic rings. The molecule has 2 rings (SSSR count). The molecule has 16 heavy (non-hydrogen) atoms. The number of anilines is 1. The maximum atomic E-state index is 13.5. The number of nitrogens with two attached hydrogens (primary N) is 1. The smallest absolute Gasteiger partial charge is 0.166 e. The Kier molecular flexibility index (Phi) is 2.60. The highest BCUT2D eigenvalue weighted by Gasteiger charge is 2.11. The predicted molar refractivity (Wildman–Crippen MR) is 60.9 cm³/mol. The molecule has 2 N–H and O–H groups in total. The third kappa shape index (κ3) is 1.76. The Morgan fingerprint density at radius 2 is 1.75 bits per heavy atom. The summed E-state index contributed by atoms with van der Waals surface area (Å²) in [6.45, 7) is 1.89. The van der Waals surface area contributed by atoms with Crippen molar-refractivity contribution in [3.05, 3.63) is 53.6 Å². The molecule has 82 valence electrons. The molecule has 0 aliphatic carbocycles. The Bertz CT molecular complexity index is 535. The fourth-order valence-corrected chi connectivity index (χ4v) is 1.64. The van der Waals surface area contributed by atoms with E-state index in [1.54, 1.807) is 12.1 Å². The Labute approximate surface area is 92.5 Å². The molecule has 0 saturated heterocycles. The van der Waals surface area contributed by atoms with Gasteiger partial charge in [0, 0.05) is 16.8 Å². The SMILES string of the molecule is Cc1ccc(-c2cccc(F)c2F)c(N)c1. The lowest BCUT2D eigenvalue weighted by Crippen LogP contribution is -1.94. The molecule has 3 heteroatoms. The van der Waals surface area contributed by atoms with Gasteiger partial charge < -0.3 is 5.73 Å². The molecule has 0 bridgehead atoms. The van der Waals surface area contributed by atoms with Crippen molar-refractivity contribution in [3.8, 4) is 11.1 Å². The largest absolute Gasteiger partial charge is 0.398 e. The number of hydrogen-bond acceptors (Lipinski definition) is 1. The monoisotopic (exact) mass is 219 g/mol. The van der Waals surface area contributed by atoms with Crippen LogP contribution < -0.4 is 5.73 Å². The van der Waals surface area contributed by atoms with Gasteiger partial charge in [-0.2, -0.15) is 0 Å². The summed E-state index contributed by atoms with van der Waals surface area (Å²) in [7, 11) is 0. The van der Waals surface area contributed by atoms with E-state index in [1.807, 2.05) is 13.0 Å². The number of aryl methyl sites for hydroxylation is 1. The molecule has 0 unspecified atom stereocenters. The van der Waals surface area contributed by atoms with Crippen molar-refractivity contribution in [1.29, 1.82) is 0 Å². The molecule has 0 radical (unpaired) electrons. The molecule has 2 aromatic carbocycles. The zero-order valence-electron chi connectivity index (χ0n) is 8.80. The molecular formula is C13H11F2N. The Balaban J connectivity index is 2.63. The van der Waals surface area contributed by atoms with Crippen LogP contribution in [0.15, 0.2) is 36.4 Å². The molecule has 0 heterocycles. The van der Waals surface area contributed by atoms with Gasteiger partial charge in [0.05, 0.1) is 0 Å². The minimum atomic E-state index is -0.863. The first kappa shape index (κ1) is 10.6. The number of benzene rings is 2. The Hall–Kier alpha value is -1.90. The fraction of sp³-hybridized carbons (Fsp3) is 0.0769. The number of rotatable bonds is 1. The van der Waals surface area contributed by atoms with Crippen LogP contribution in [0, 0.1) is 18.6 Å². The average Bonchev–Trinajstić information content (AvgIpc) is 2.23. The molecule has 0 aliphatic rings. The summed E-state index contributed by atoms with van der Waals surface area (Å²) >= 11 is 0. The van der Waals surface area contributed by atoms with Crippen LogP contribution in [-0.2, 0) is 0 Å². The molecule has 0 aliphatic heterocycles. The van der Waals surface area contributed by atoms with E-state index < -0.39 is 11.6 Å². The van der Waals surface area contributed by atoms with Crippen LogP contribution in [0.1, 0.15) is 5.56 Å². The lowest BCUT2D eigenvalue weighted by atomic mass is 10.0. The molecule has 0 saturated carbocycles. The molecule has 1 nitrogen and oxygen atoms in total. The number of halogens is 2. The van der Waals surface area contributed by atoms with E-state index in [0.29, 0.717) is 11.3 Å². The van der Waals surface area contributed by atoms with Crippen molar-refractivity contribution in [2.45, 2.75) is 6.92 Å². The summed E-state index contributed by atoms with van der Waals surface area (Å²) in [6.07, 6.45) is 0. The minimum Gasteiger partial charge on any atom is -0.398 e. The first-order chi connectivity index (χ1) is 7.59. The van der Waals surface area contributed by atoms with Crippen LogP contribution in [-0.4, -0.2) is 0 Å². The van der Waals surface area contributed by atoms with Gasteiger partial charge in [0.1, 0.15) is 0 Å². The zero-order chi connectivity index (χ0) is 11.7. The quantitative estimate of drug-likeness (QED) is 0.729. The van der Waals surface area contributed by atoms with Gasteiger partial charge in [0.2, 0.25) is 0 Å². The normalized spacial score (nSPS) is 10.4. The summed E-state index contributed by atoms with van der Waals surface area (Å²) < 4.78 is 26.6. The first-order valence-electron chi connectivity index (χ1n) is 4.90. The second kappa shape index (κ2) is 3.93. The summed E-state index contributed by atoms with van der Waals surface area (Å²) in [5, 5.41) is 0. The van der Waals surface area contributed by atoms with E-state index in [2.05, 4.69) is 0 Å². The molecular weight excluding hydrogens is 208 g/mol. The lowest BCUT2D eigenvalue weighted by molar-refractivity contribution is 0.511. The van der Waals surface area contributed by atoms with E-state index in [4.69, 9.17) is 5.73 Å². The van der Waals surface area contributed by atoms with Gasteiger partial charge >= 0.3 is 0 Å². The lowest BCUT2D eigenvalue weighted by Gasteiger charge is -2.08. The van der Waals surface area contributed by atoms with Crippen molar-refractivity contribution in [2.75, 3.05) is 5.73 Å². The summed E-state index contributed by atoms with van der Waals surface area (Å²) in [6, 6.07) is 9.31. The Morgan fingerprint density at radius 1 is 1.00 bits per heavy atom. The number of nitrogen functional groups attached to an aromatic ring is 1. The second-order valence-corrected chi connectivity index (χ2v) is 3.69. The van der Waals surface area contributed by atoms with Crippen LogP contribution >= 0.6 is 0 Å². The highest BCUT2D eigenvalue weighted by molar-refractivity contribution is 5.77. The van der Waals surface area contributed by atoms with Crippen molar-refractivity contribution in [2.24, 2.45) is 0 Å². The number of hydrogen-bond donors (Lipinski definition) is 1. The second-order valence-electron chi connectivity index (χ2n) is 3.69. The van der Waals surface area contributed by atoms with E-state index in [0.717, 1.165) is 11.6 Å².